The fourth-order valence-electron chi connectivity index (χ4n) is 5.15. The second-order valence-corrected chi connectivity index (χ2v) is 12.8. The molecule has 0 saturated heterocycles. The van der Waals surface area contributed by atoms with Crippen LogP contribution in [0.1, 0.15) is 42.7 Å². The van der Waals surface area contributed by atoms with Gasteiger partial charge in [0.2, 0.25) is 0 Å². The van der Waals surface area contributed by atoms with Crippen molar-refractivity contribution in [1.29, 1.82) is 0 Å². The third-order valence-corrected chi connectivity index (χ3v) is 8.36. The summed E-state index contributed by atoms with van der Waals surface area (Å²) in [5, 5.41) is 22.0. The zero-order valence-electron chi connectivity index (χ0n) is 23.5. The van der Waals surface area contributed by atoms with Crippen molar-refractivity contribution in [3.05, 3.63) is 89.7 Å². The summed E-state index contributed by atoms with van der Waals surface area (Å²) in [7, 11) is -0.633. The van der Waals surface area contributed by atoms with Gasteiger partial charge in [0.1, 0.15) is 5.69 Å². The fourth-order valence-corrected chi connectivity index (χ4v) is 5.90. The highest BCUT2D eigenvalue weighted by Crippen LogP contribution is 2.39. The average molecular weight is 581 g/mol. The molecule has 0 saturated carbocycles. The summed E-state index contributed by atoms with van der Waals surface area (Å²) >= 11 is 0. The van der Waals surface area contributed by atoms with Crippen LogP contribution in [-0.2, 0) is 6.54 Å². The van der Waals surface area contributed by atoms with Crippen LogP contribution in [0.4, 0.5) is 13.2 Å². The first-order valence-corrected chi connectivity index (χ1v) is 15.5. The Hall–Kier alpha value is -3.68. The van der Waals surface area contributed by atoms with E-state index in [1.54, 1.807) is 15.4 Å². The summed E-state index contributed by atoms with van der Waals surface area (Å²) in [6, 6.07) is 20.1. The van der Waals surface area contributed by atoms with Gasteiger partial charge in [-0.25, -0.2) is 4.68 Å². The van der Waals surface area contributed by atoms with E-state index in [9.17, 15) is 18.3 Å². The van der Waals surface area contributed by atoms with Gasteiger partial charge in [-0.05, 0) is 55.2 Å². The van der Waals surface area contributed by atoms with Crippen LogP contribution in [0.5, 0.6) is 5.75 Å². The van der Waals surface area contributed by atoms with E-state index < -0.39 is 20.4 Å². The standard InChI is InChI=1S/C31H32F3N4O2P/c1-19(2)29-20(3)38(26-15-14-22(41(4)5)16-28(26)40-31(32,33)34)36-30(29)23-12-9-13-25-24(23)17-37(35-25)18-27(39)21-10-7-6-8-11-21/h6-17,19,27,39H,18H2,1-5H3. The van der Waals surface area contributed by atoms with Crippen molar-refractivity contribution in [1.82, 2.24) is 19.6 Å². The molecule has 10 heteroatoms. The number of aromatic nitrogens is 4. The highest BCUT2D eigenvalue weighted by molar-refractivity contribution is 7.64. The van der Waals surface area contributed by atoms with Gasteiger partial charge in [0.25, 0.3) is 0 Å². The summed E-state index contributed by atoms with van der Waals surface area (Å²) in [6.07, 6.45) is -3.69. The molecular weight excluding hydrogens is 548 g/mol. The lowest BCUT2D eigenvalue weighted by molar-refractivity contribution is -0.274. The third kappa shape index (κ3) is 6.02. The summed E-state index contributed by atoms with van der Waals surface area (Å²) in [5.41, 5.74) is 4.89. The zero-order valence-corrected chi connectivity index (χ0v) is 24.4. The number of fused-ring (bicyclic) bond motifs is 1. The van der Waals surface area contributed by atoms with Gasteiger partial charge in [-0.3, -0.25) is 4.68 Å². The highest BCUT2D eigenvalue weighted by Gasteiger charge is 2.33. The first-order valence-electron chi connectivity index (χ1n) is 13.3. The normalized spacial score (nSPS) is 13.0. The monoisotopic (exact) mass is 580 g/mol. The summed E-state index contributed by atoms with van der Waals surface area (Å²) < 4.78 is 48.1. The quantitative estimate of drug-likeness (QED) is 0.195. The van der Waals surface area contributed by atoms with Crippen LogP contribution in [0.25, 0.3) is 27.8 Å². The van der Waals surface area contributed by atoms with Gasteiger partial charge in [-0.1, -0.05) is 70.3 Å². The molecule has 5 aromatic rings. The fraction of sp³-hybridized carbons (Fsp3) is 0.290. The van der Waals surface area contributed by atoms with E-state index in [4.69, 9.17) is 5.10 Å². The van der Waals surface area contributed by atoms with Crippen LogP contribution >= 0.6 is 7.92 Å². The van der Waals surface area contributed by atoms with Crippen molar-refractivity contribution in [3.63, 3.8) is 0 Å². The molecule has 2 aromatic heterocycles. The lowest BCUT2D eigenvalue weighted by Crippen LogP contribution is -2.20. The number of nitrogens with zero attached hydrogens (tertiary/aromatic N) is 4. The second kappa shape index (κ2) is 11.3. The van der Waals surface area contributed by atoms with Gasteiger partial charge in [-0.2, -0.15) is 10.2 Å². The minimum Gasteiger partial charge on any atom is -0.403 e. The molecule has 2 heterocycles. The van der Waals surface area contributed by atoms with Crippen molar-refractivity contribution in [2.45, 2.75) is 45.7 Å². The maximum atomic E-state index is 13.5. The Labute approximate surface area is 238 Å². The molecule has 0 bridgehead atoms. The Bertz CT molecular complexity index is 1680. The molecule has 5 rings (SSSR count). The number of aliphatic hydroxyl groups is 1. The smallest absolute Gasteiger partial charge is 0.403 e. The van der Waals surface area contributed by atoms with E-state index in [1.165, 1.54) is 6.07 Å². The molecule has 0 aliphatic rings. The molecule has 0 radical (unpaired) electrons. The molecule has 41 heavy (non-hydrogen) atoms. The Morgan fingerprint density at radius 1 is 0.976 bits per heavy atom. The number of aliphatic hydroxyl groups excluding tert-OH is 1. The molecule has 0 aliphatic heterocycles. The van der Waals surface area contributed by atoms with E-state index in [2.05, 4.69) is 9.84 Å². The topological polar surface area (TPSA) is 65.1 Å². The van der Waals surface area contributed by atoms with Crippen LogP contribution in [0.3, 0.4) is 0 Å². The van der Waals surface area contributed by atoms with E-state index in [1.807, 2.05) is 94.9 Å². The molecule has 0 spiro atoms. The Morgan fingerprint density at radius 3 is 2.37 bits per heavy atom. The van der Waals surface area contributed by atoms with Crippen molar-refractivity contribution in [3.8, 4) is 22.7 Å². The van der Waals surface area contributed by atoms with Gasteiger partial charge < -0.3 is 9.84 Å². The van der Waals surface area contributed by atoms with Crippen molar-refractivity contribution in [2.75, 3.05) is 13.3 Å². The SMILES string of the molecule is Cc1c(C(C)C)c(-c2cccc3nn(CC(O)c4ccccc4)cc23)nn1-c1ccc(P(C)C)cc1OC(F)(F)F. The van der Waals surface area contributed by atoms with Crippen LogP contribution in [0.15, 0.2) is 72.9 Å². The van der Waals surface area contributed by atoms with Crippen molar-refractivity contribution < 1.29 is 23.0 Å². The second-order valence-electron chi connectivity index (χ2n) is 10.5. The highest BCUT2D eigenvalue weighted by atomic mass is 31.1. The van der Waals surface area contributed by atoms with Crippen LogP contribution in [0.2, 0.25) is 0 Å². The van der Waals surface area contributed by atoms with Crippen LogP contribution in [-0.4, -0.2) is 44.4 Å². The molecule has 1 unspecified atom stereocenters. The van der Waals surface area contributed by atoms with Crippen LogP contribution < -0.4 is 10.0 Å². The van der Waals surface area contributed by atoms with E-state index in [0.717, 1.165) is 38.6 Å². The minimum absolute atomic E-state index is 0.0364. The van der Waals surface area contributed by atoms with E-state index in [0.29, 0.717) is 5.69 Å². The lowest BCUT2D eigenvalue weighted by Gasteiger charge is -2.17. The molecule has 1 N–H and O–H groups in total. The first-order chi connectivity index (χ1) is 19.4. The van der Waals surface area contributed by atoms with Gasteiger partial charge in [0, 0.05) is 28.4 Å². The van der Waals surface area contributed by atoms with E-state index in [-0.39, 0.29) is 23.9 Å². The number of hydrogen-bond donors (Lipinski definition) is 1. The summed E-state index contributed by atoms with van der Waals surface area (Å²) in [5.74, 6) is -0.242. The third-order valence-electron chi connectivity index (χ3n) is 7.05. The Kier molecular flexibility index (Phi) is 7.95. The molecule has 214 valence electrons. The molecule has 6 nitrogen and oxygen atoms in total. The summed E-state index contributed by atoms with van der Waals surface area (Å²) in [6.45, 7) is 10.2. The van der Waals surface area contributed by atoms with Gasteiger partial charge in [-0.15, -0.1) is 13.2 Å². The van der Waals surface area contributed by atoms with Gasteiger partial charge >= 0.3 is 6.36 Å². The maximum absolute atomic E-state index is 13.5. The molecule has 0 amide bonds. The molecule has 3 aromatic carbocycles. The maximum Gasteiger partial charge on any atom is 0.573 e. The van der Waals surface area contributed by atoms with Crippen molar-refractivity contribution in [2.24, 2.45) is 0 Å². The number of benzene rings is 3. The minimum atomic E-state index is -4.84. The largest absolute Gasteiger partial charge is 0.573 e. The number of rotatable bonds is 8. The molecular formula is C31H32F3N4O2P. The van der Waals surface area contributed by atoms with Gasteiger partial charge in [0.15, 0.2) is 5.75 Å². The summed E-state index contributed by atoms with van der Waals surface area (Å²) in [4.78, 5) is 0. The number of ether oxygens (including phenoxy) is 1. The zero-order chi connectivity index (χ0) is 29.5. The lowest BCUT2D eigenvalue weighted by atomic mass is 9.95. The number of halogens is 3. The Morgan fingerprint density at radius 2 is 1.71 bits per heavy atom. The Balaban J connectivity index is 1.62. The van der Waals surface area contributed by atoms with Crippen molar-refractivity contribution >= 4 is 24.1 Å². The van der Waals surface area contributed by atoms with Crippen LogP contribution in [0, 0.1) is 6.92 Å². The first kappa shape index (κ1) is 28.8. The van der Waals surface area contributed by atoms with Gasteiger partial charge in [0.05, 0.1) is 23.9 Å². The molecule has 0 fully saturated rings. The molecule has 0 aliphatic carbocycles. The number of hydrogen-bond acceptors (Lipinski definition) is 4. The number of alkyl halides is 3. The van der Waals surface area contributed by atoms with E-state index >= 15 is 0 Å². The average Bonchev–Trinajstić information content (AvgIpc) is 3.48. The predicted molar refractivity (Wildman–Crippen MR) is 158 cm³/mol. The predicted octanol–water partition coefficient (Wildman–Crippen LogP) is 7.32. The molecule has 1 atom stereocenters.